The molecule has 0 spiro atoms. The van der Waals surface area contributed by atoms with E-state index in [1.807, 2.05) is 31.2 Å². The van der Waals surface area contributed by atoms with Gasteiger partial charge in [0.2, 0.25) is 0 Å². The standard InChI is InChI=1S/C9H10ClN3/c1-7(12-13-11)9-4-2-8(6-10)3-5-9/h2-5,7H,6H2,1H3. The number of rotatable bonds is 3. The molecule has 0 fully saturated rings. The van der Waals surface area contributed by atoms with E-state index < -0.39 is 0 Å². The number of azide groups is 1. The molecule has 68 valence electrons. The van der Waals surface area contributed by atoms with E-state index in [-0.39, 0.29) is 6.04 Å². The minimum atomic E-state index is -0.116. The average molecular weight is 196 g/mol. The molecule has 0 N–H and O–H groups in total. The molecule has 0 bridgehead atoms. The molecule has 3 nitrogen and oxygen atoms in total. The molecule has 1 aromatic rings. The fourth-order valence-electron chi connectivity index (χ4n) is 1.03. The Morgan fingerprint density at radius 3 is 2.54 bits per heavy atom. The summed E-state index contributed by atoms with van der Waals surface area (Å²) < 4.78 is 0. The molecule has 0 saturated carbocycles. The summed E-state index contributed by atoms with van der Waals surface area (Å²) in [6.45, 7) is 1.86. The lowest BCUT2D eigenvalue weighted by Gasteiger charge is -2.04. The van der Waals surface area contributed by atoms with Crippen LogP contribution in [0.1, 0.15) is 24.1 Å². The zero-order valence-electron chi connectivity index (χ0n) is 7.31. The van der Waals surface area contributed by atoms with Crippen LogP contribution >= 0.6 is 11.6 Å². The SMILES string of the molecule is CC(N=[N+]=[N-])c1ccc(CCl)cc1. The van der Waals surface area contributed by atoms with Crippen molar-refractivity contribution in [3.63, 3.8) is 0 Å². The zero-order valence-corrected chi connectivity index (χ0v) is 8.07. The van der Waals surface area contributed by atoms with Crippen LogP contribution in [0.2, 0.25) is 0 Å². The van der Waals surface area contributed by atoms with Crippen molar-refractivity contribution in [1.82, 2.24) is 0 Å². The van der Waals surface area contributed by atoms with Crippen molar-refractivity contribution in [2.75, 3.05) is 0 Å². The van der Waals surface area contributed by atoms with Crippen LogP contribution in [0.5, 0.6) is 0 Å². The Morgan fingerprint density at radius 1 is 1.46 bits per heavy atom. The lowest BCUT2D eigenvalue weighted by Crippen LogP contribution is -1.88. The largest absolute Gasteiger partial charge is 0.122 e. The lowest BCUT2D eigenvalue weighted by molar-refractivity contribution is 0.807. The second-order valence-corrected chi connectivity index (χ2v) is 3.02. The van der Waals surface area contributed by atoms with Gasteiger partial charge < -0.3 is 0 Å². The summed E-state index contributed by atoms with van der Waals surface area (Å²) in [5.41, 5.74) is 10.3. The number of benzene rings is 1. The Hall–Kier alpha value is -1.18. The fourth-order valence-corrected chi connectivity index (χ4v) is 1.21. The van der Waals surface area contributed by atoms with E-state index in [1.165, 1.54) is 0 Å². The smallest absolute Gasteiger partial charge is 0.0597 e. The van der Waals surface area contributed by atoms with Crippen LogP contribution in [-0.2, 0) is 5.88 Å². The summed E-state index contributed by atoms with van der Waals surface area (Å²) in [5, 5.41) is 3.60. The highest BCUT2D eigenvalue weighted by molar-refractivity contribution is 6.17. The molecule has 1 unspecified atom stereocenters. The van der Waals surface area contributed by atoms with Gasteiger partial charge in [-0.1, -0.05) is 36.3 Å². The van der Waals surface area contributed by atoms with Crippen molar-refractivity contribution in [1.29, 1.82) is 0 Å². The highest BCUT2D eigenvalue weighted by Crippen LogP contribution is 2.17. The van der Waals surface area contributed by atoms with Gasteiger partial charge >= 0.3 is 0 Å². The summed E-state index contributed by atoms with van der Waals surface area (Å²) in [4.78, 5) is 2.75. The molecular formula is C9H10ClN3. The second-order valence-electron chi connectivity index (χ2n) is 2.76. The first-order valence-corrected chi connectivity index (χ1v) is 4.50. The highest BCUT2D eigenvalue weighted by atomic mass is 35.5. The van der Waals surface area contributed by atoms with E-state index in [4.69, 9.17) is 17.1 Å². The van der Waals surface area contributed by atoms with Gasteiger partial charge in [0.15, 0.2) is 0 Å². The molecule has 0 aliphatic rings. The Morgan fingerprint density at radius 2 is 2.08 bits per heavy atom. The van der Waals surface area contributed by atoms with E-state index >= 15 is 0 Å². The van der Waals surface area contributed by atoms with Crippen LogP contribution in [-0.4, -0.2) is 0 Å². The maximum Gasteiger partial charge on any atom is 0.0597 e. The van der Waals surface area contributed by atoms with E-state index in [0.717, 1.165) is 11.1 Å². The third kappa shape index (κ3) is 2.65. The molecule has 0 aliphatic carbocycles. The van der Waals surface area contributed by atoms with Gasteiger partial charge in [-0.15, -0.1) is 11.6 Å². The molecule has 0 radical (unpaired) electrons. The van der Waals surface area contributed by atoms with Crippen molar-refractivity contribution >= 4 is 11.6 Å². The topological polar surface area (TPSA) is 48.8 Å². The number of alkyl halides is 1. The van der Waals surface area contributed by atoms with Crippen molar-refractivity contribution in [3.8, 4) is 0 Å². The third-order valence-corrected chi connectivity index (χ3v) is 2.15. The minimum Gasteiger partial charge on any atom is -0.122 e. The summed E-state index contributed by atoms with van der Waals surface area (Å²) in [5.74, 6) is 0.510. The van der Waals surface area contributed by atoms with Crippen molar-refractivity contribution in [2.45, 2.75) is 18.8 Å². The Bertz CT molecular complexity index is 314. The molecular weight excluding hydrogens is 186 g/mol. The monoisotopic (exact) mass is 195 g/mol. The van der Waals surface area contributed by atoms with Crippen LogP contribution in [0, 0.1) is 0 Å². The van der Waals surface area contributed by atoms with Gasteiger partial charge in [-0.25, -0.2) is 0 Å². The molecule has 13 heavy (non-hydrogen) atoms. The van der Waals surface area contributed by atoms with Gasteiger partial charge in [-0.2, -0.15) is 0 Å². The molecule has 1 atom stereocenters. The lowest BCUT2D eigenvalue weighted by atomic mass is 10.1. The molecule has 1 aromatic carbocycles. The van der Waals surface area contributed by atoms with Gasteiger partial charge in [0.1, 0.15) is 0 Å². The van der Waals surface area contributed by atoms with Crippen LogP contribution in [0.25, 0.3) is 10.4 Å². The van der Waals surface area contributed by atoms with Crippen molar-refractivity contribution < 1.29 is 0 Å². The first-order valence-electron chi connectivity index (χ1n) is 3.97. The normalized spacial score (nSPS) is 11.8. The van der Waals surface area contributed by atoms with Crippen LogP contribution in [0.3, 0.4) is 0 Å². The summed E-state index contributed by atoms with van der Waals surface area (Å²) in [6, 6.07) is 7.61. The molecule has 1 rings (SSSR count). The maximum absolute atomic E-state index is 8.24. The van der Waals surface area contributed by atoms with Crippen molar-refractivity contribution in [3.05, 3.63) is 45.8 Å². The predicted molar refractivity (Wildman–Crippen MR) is 53.6 cm³/mol. The highest BCUT2D eigenvalue weighted by Gasteiger charge is 2.01. The predicted octanol–water partition coefficient (Wildman–Crippen LogP) is 3.80. The van der Waals surface area contributed by atoms with Crippen molar-refractivity contribution in [2.24, 2.45) is 5.11 Å². The second kappa shape index (κ2) is 4.75. The fraction of sp³-hybridized carbons (Fsp3) is 0.333. The van der Waals surface area contributed by atoms with Crippen LogP contribution in [0.4, 0.5) is 0 Å². The van der Waals surface area contributed by atoms with Crippen LogP contribution < -0.4 is 0 Å². The first-order chi connectivity index (χ1) is 6.27. The average Bonchev–Trinajstić information content (AvgIpc) is 2.18. The van der Waals surface area contributed by atoms with Gasteiger partial charge in [0.05, 0.1) is 6.04 Å². The zero-order chi connectivity index (χ0) is 9.68. The summed E-state index contributed by atoms with van der Waals surface area (Å²) in [6.07, 6.45) is 0. The molecule has 0 saturated heterocycles. The Balaban J connectivity index is 2.85. The Kier molecular flexibility index (Phi) is 3.62. The summed E-state index contributed by atoms with van der Waals surface area (Å²) in [7, 11) is 0. The quantitative estimate of drug-likeness (QED) is 0.305. The van der Waals surface area contributed by atoms with E-state index in [1.54, 1.807) is 0 Å². The summed E-state index contributed by atoms with van der Waals surface area (Å²) >= 11 is 5.64. The van der Waals surface area contributed by atoms with Gasteiger partial charge in [0.25, 0.3) is 0 Å². The van der Waals surface area contributed by atoms with Gasteiger partial charge in [-0.3, -0.25) is 0 Å². The first kappa shape index (κ1) is 9.90. The Labute approximate surface area is 82.0 Å². The molecule has 0 aliphatic heterocycles. The minimum absolute atomic E-state index is 0.116. The van der Waals surface area contributed by atoms with E-state index in [0.29, 0.717) is 5.88 Å². The van der Waals surface area contributed by atoms with E-state index in [2.05, 4.69) is 10.0 Å². The number of hydrogen-bond donors (Lipinski definition) is 0. The number of hydrogen-bond acceptors (Lipinski definition) is 1. The molecule has 0 amide bonds. The molecule has 0 heterocycles. The molecule has 0 aromatic heterocycles. The number of nitrogens with zero attached hydrogens (tertiary/aromatic N) is 3. The maximum atomic E-state index is 8.24. The third-order valence-electron chi connectivity index (χ3n) is 1.84. The number of halogens is 1. The van der Waals surface area contributed by atoms with Crippen LogP contribution in [0.15, 0.2) is 29.4 Å². The van der Waals surface area contributed by atoms with Gasteiger partial charge in [0, 0.05) is 10.8 Å². The molecule has 4 heteroatoms. The van der Waals surface area contributed by atoms with E-state index in [9.17, 15) is 0 Å². The van der Waals surface area contributed by atoms with Gasteiger partial charge in [-0.05, 0) is 16.7 Å².